The van der Waals surface area contributed by atoms with E-state index in [-0.39, 0.29) is 5.58 Å². The summed E-state index contributed by atoms with van der Waals surface area (Å²) >= 11 is 0. The van der Waals surface area contributed by atoms with Gasteiger partial charge < -0.3 is 18.6 Å². The van der Waals surface area contributed by atoms with Gasteiger partial charge in [-0.25, -0.2) is 9.59 Å². The van der Waals surface area contributed by atoms with Crippen LogP contribution in [0.25, 0.3) is 11.0 Å². The fraction of sp³-hybridized carbons (Fsp3) is 0.381. The largest absolute Gasteiger partial charge is 0.483 e. The van der Waals surface area contributed by atoms with Crippen LogP contribution in [-0.2, 0) is 19.1 Å². The molecule has 0 fully saturated rings. The van der Waals surface area contributed by atoms with Crippen molar-refractivity contribution in [3.63, 3.8) is 0 Å². The van der Waals surface area contributed by atoms with Crippen LogP contribution < -0.4 is 10.4 Å². The molecule has 0 saturated carbocycles. The predicted octanol–water partition coefficient (Wildman–Crippen LogP) is 3.45. The molecule has 148 valence electrons. The Morgan fingerprint density at radius 1 is 1.11 bits per heavy atom. The lowest BCUT2D eigenvalue weighted by atomic mass is 9.87. The number of benzene rings is 1. The topological polar surface area (TPSA) is 92.0 Å². The van der Waals surface area contributed by atoms with Gasteiger partial charge in [0.15, 0.2) is 12.2 Å². The summed E-state index contributed by atoms with van der Waals surface area (Å²) in [5.74, 6) is -0.715. The molecule has 3 rings (SSSR count). The van der Waals surface area contributed by atoms with Crippen molar-refractivity contribution in [3.8, 4) is 5.75 Å². The van der Waals surface area contributed by atoms with Crippen LogP contribution in [0.2, 0.25) is 0 Å². The lowest BCUT2D eigenvalue weighted by Gasteiger charge is -2.43. The van der Waals surface area contributed by atoms with Crippen molar-refractivity contribution in [2.24, 2.45) is 0 Å². The second kappa shape index (κ2) is 7.14. The Morgan fingerprint density at radius 3 is 2.43 bits per heavy atom. The summed E-state index contributed by atoms with van der Waals surface area (Å²) in [5, 5.41) is 0.633. The molecule has 7 nitrogen and oxygen atoms in total. The van der Waals surface area contributed by atoms with E-state index < -0.39 is 35.4 Å². The summed E-state index contributed by atoms with van der Waals surface area (Å²) in [7, 11) is 0. The number of carbonyl (C=O) groups excluding carboxylic acids is 2. The van der Waals surface area contributed by atoms with Crippen molar-refractivity contribution >= 4 is 22.9 Å². The van der Waals surface area contributed by atoms with Gasteiger partial charge in [-0.05, 0) is 45.9 Å². The summed E-state index contributed by atoms with van der Waals surface area (Å²) in [6.07, 6.45) is -0.330. The Morgan fingerprint density at radius 2 is 1.79 bits per heavy atom. The minimum atomic E-state index is -1.00. The first kappa shape index (κ1) is 19.7. The standard InChI is InChI=1S/C21H22O7/c1-6-11(2)20(24)27-19-18(25-12(3)22)16-14(28-21(19,4)5)9-7-13-8-10-15(23)26-17(13)16/h6-10,18-19H,1-5H3. The Labute approximate surface area is 161 Å². The van der Waals surface area contributed by atoms with E-state index in [1.807, 2.05) is 0 Å². The first-order valence-corrected chi connectivity index (χ1v) is 8.91. The molecule has 0 saturated heterocycles. The SMILES string of the molecule is CC=C(C)C(=O)OC1C(OC(C)=O)c2c(ccc3ccc(=O)oc23)OC1(C)C. The van der Waals surface area contributed by atoms with Gasteiger partial charge >= 0.3 is 17.6 Å². The maximum absolute atomic E-state index is 12.4. The van der Waals surface area contributed by atoms with Crippen molar-refractivity contribution in [1.82, 2.24) is 0 Å². The van der Waals surface area contributed by atoms with E-state index in [2.05, 4.69) is 0 Å². The third kappa shape index (κ3) is 3.52. The molecule has 1 aliphatic rings. The van der Waals surface area contributed by atoms with E-state index in [1.54, 1.807) is 52.0 Å². The number of hydrogen-bond donors (Lipinski definition) is 0. The highest BCUT2D eigenvalue weighted by molar-refractivity contribution is 5.88. The van der Waals surface area contributed by atoms with E-state index in [4.69, 9.17) is 18.6 Å². The molecule has 1 aromatic heterocycles. The maximum Gasteiger partial charge on any atom is 0.336 e. The van der Waals surface area contributed by atoms with Crippen LogP contribution in [-0.4, -0.2) is 23.6 Å². The summed E-state index contributed by atoms with van der Waals surface area (Å²) in [5.41, 5.74) is -0.547. The van der Waals surface area contributed by atoms with Gasteiger partial charge in [-0.3, -0.25) is 4.79 Å². The van der Waals surface area contributed by atoms with Crippen LogP contribution in [0.15, 0.2) is 45.1 Å². The minimum absolute atomic E-state index is 0.232. The maximum atomic E-state index is 12.4. The summed E-state index contributed by atoms with van der Waals surface area (Å²) < 4.78 is 22.7. The van der Waals surface area contributed by atoms with Crippen LogP contribution in [0.5, 0.6) is 5.75 Å². The van der Waals surface area contributed by atoms with Crippen LogP contribution in [0, 0.1) is 0 Å². The Hall–Kier alpha value is -3.09. The van der Waals surface area contributed by atoms with Crippen molar-refractivity contribution in [2.45, 2.75) is 52.4 Å². The molecule has 0 aliphatic carbocycles. The molecule has 0 radical (unpaired) electrons. The highest BCUT2D eigenvalue weighted by Gasteiger charge is 2.50. The van der Waals surface area contributed by atoms with Crippen LogP contribution in [0.4, 0.5) is 0 Å². The lowest BCUT2D eigenvalue weighted by molar-refractivity contribution is -0.186. The van der Waals surface area contributed by atoms with Gasteiger partial charge in [0.25, 0.3) is 0 Å². The molecule has 0 N–H and O–H groups in total. The minimum Gasteiger partial charge on any atom is -0.483 e. The van der Waals surface area contributed by atoms with Crippen molar-refractivity contribution in [2.75, 3.05) is 0 Å². The predicted molar refractivity (Wildman–Crippen MR) is 101 cm³/mol. The average Bonchev–Trinajstić information content (AvgIpc) is 2.62. The third-order valence-electron chi connectivity index (χ3n) is 4.69. The van der Waals surface area contributed by atoms with Gasteiger partial charge in [0.05, 0.1) is 5.56 Å². The zero-order valence-corrected chi connectivity index (χ0v) is 16.4. The highest BCUT2D eigenvalue weighted by Crippen LogP contribution is 2.46. The molecule has 7 heteroatoms. The Bertz CT molecular complexity index is 1030. The number of hydrogen-bond acceptors (Lipinski definition) is 7. The van der Waals surface area contributed by atoms with Crippen molar-refractivity contribution < 1.29 is 28.2 Å². The molecule has 2 aromatic rings. The molecular formula is C21H22O7. The second-order valence-electron chi connectivity index (χ2n) is 7.18. The van der Waals surface area contributed by atoms with Gasteiger partial charge in [0, 0.05) is 23.9 Å². The van der Waals surface area contributed by atoms with Gasteiger partial charge in [0.2, 0.25) is 0 Å². The van der Waals surface area contributed by atoms with Crippen LogP contribution in [0.1, 0.15) is 46.3 Å². The van der Waals surface area contributed by atoms with Gasteiger partial charge in [-0.1, -0.05) is 6.08 Å². The summed E-state index contributed by atoms with van der Waals surface area (Å²) in [6.45, 7) is 8.09. The second-order valence-corrected chi connectivity index (χ2v) is 7.18. The number of rotatable bonds is 3. The first-order valence-electron chi connectivity index (χ1n) is 8.91. The van der Waals surface area contributed by atoms with Crippen LogP contribution in [0.3, 0.4) is 0 Å². The van der Waals surface area contributed by atoms with Gasteiger partial charge in [-0.15, -0.1) is 0 Å². The quantitative estimate of drug-likeness (QED) is 0.453. The smallest absolute Gasteiger partial charge is 0.336 e. The van der Waals surface area contributed by atoms with Crippen LogP contribution >= 0.6 is 0 Å². The lowest BCUT2D eigenvalue weighted by Crippen LogP contribution is -2.52. The molecule has 2 unspecified atom stereocenters. The number of allylic oxidation sites excluding steroid dienone is 1. The van der Waals surface area contributed by atoms with Crippen molar-refractivity contribution in [3.05, 3.63) is 51.9 Å². The molecule has 0 amide bonds. The number of esters is 2. The molecule has 28 heavy (non-hydrogen) atoms. The zero-order chi connectivity index (χ0) is 20.6. The monoisotopic (exact) mass is 386 g/mol. The zero-order valence-electron chi connectivity index (χ0n) is 16.4. The normalized spacial score (nSPS) is 20.8. The summed E-state index contributed by atoms with van der Waals surface area (Å²) in [6, 6.07) is 6.37. The first-order chi connectivity index (χ1) is 13.1. The molecule has 1 aliphatic heterocycles. The molecule has 1 aromatic carbocycles. The molecule has 0 bridgehead atoms. The average molecular weight is 386 g/mol. The number of fused-ring (bicyclic) bond motifs is 3. The molecule has 0 spiro atoms. The van der Waals surface area contributed by atoms with E-state index in [0.717, 1.165) is 0 Å². The Balaban J connectivity index is 2.22. The molecular weight excluding hydrogens is 364 g/mol. The van der Waals surface area contributed by atoms with Gasteiger partial charge in [-0.2, -0.15) is 0 Å². The summed E-state index contributed by atoms with van der Waals surface area (Å²) in [4.78, 5) is 36.1. The molecule has 2 atom stereocenters. The van der Waals surface area contributed by atoms with E-state index in [1.165, 1.54) is 13.0 Å². The van der Waals surface area contributed by atoms with E-state index >= 15 is 0 Å². The highest BCUT2D eigenvalue weighted by atomic mass is 16.6. The number of carbonyl (C=O) groups is 2. The number of ether oxygens (including phenoxy) is 3. The fourth-order valence-electron chi connectivity index (χ4n) is 3.18. The Kier molecular flexibility index (Phi) is 5.02. The fourth-order valence-corrected chi connectivity index (χ4v) is 3.18. The molecule has 2 heterocycles. The van der Waals surface area contributed by atoms with E-state index in [0.29, 0.717) is 22.3 Å². The van der Waals surface area contributed by atoms with Crippen molar-refractivity contribution in [1.29, 1.82) is 0 Å². The third-order valence-corrected chi connectivity index (χ3v) is 4.69. The van der Waals surface area contributed by atoms with E-state index in [9.17, 15) is 14.4 Å². The van der Waals surface area contributed by atoms with Gasteiger partial charge in [0.1, 0.15) is 16.9 Å².